The minimum Gasteiger partial charge on any atom is -0.481 e. The molecular formula is C20H30N4O4S. The molecule has 0 spiro atoms. The van der Waals surface area contributed by atoms with E-state index >= 15 is 0 Å². The fraction of sp³-hybridized carbons (Fsp3) is 0.700. The van der Waals surface area contributed by atoms with Crippen molar-refractivity contribution in [3.05, 3.63) is 16.1 Å². The Morgan fingerprint density at radius 1 is 1.10 bits per heavy atom. The Labute approximate surface area is 175 Å². The van der Waals surface area contributed by atoms with Crippen molar-refractivity contribution in [3.8, 4) is 0 Å². The first-order chi connectivity index (χ1) is 14.0. The predicted molar refractivity (Wildman–Crippen MR) is 110 cm³/mol. The number of hydrogen-bond donors (Lipinski definition) is 3. The Kier molecular flexibility index (Phi) is 7.85. The molecule has 3 rings (SSSR count). The van der Waals surface area contributed by atoms with Crippen LogP contribution in [0, 0.1) is 5.92 Å². The highest BCUT2D eigenvalue weighted by Crippen LogP contribution is 2.30. The van der Waals surface area contributed by atoms with Gasteiger partial charge in [-0.3, -0.25) is 9.59 Å². The van der Waals surface area contributed by atoms with E-state index in [1.54, 1.807) is 4.90 Å². The highest BCUT2D eigenvalue weighted by atomic mass is 32.1. The van der Waals surface area contributed by atoms with Gasteiger partial charge in [-0.05, 0) is 31.6 Å². The fourth-order valence-electron chi connectivity index (χ4n) is 4.02. The molecule has 0 radical (unpaired) electrons. The lowest BCUT2D eigenvalue weighted by atomic mass is 9.89. The van der Waals surface area contributed by atoms with Gasteiger partial charge in [-0.15, -0.1) is 11.3 Å². The SMILES string of the molecule is O=C(O)CCNC(=O)N1CCC(c2nc(C(=O)NCC3CCCCC3)cs2)CC1. The van der Waals surface area contributed by atoms with E-state index in [0.717, 1.165) is 24.4 Å². The van der Waals surface area contributed by atoms with Crippen LogP contribution in [0.25, 0.3) is 0 Å². The highest BCUT2D eigenvalue weighted by Gasteiger charge is 2.26. The minimum absolute atomic E-state index is 0.0765. The van der Waals surface area contributed by atoms with E-state index in [1.807, 2.05) is 5.38 Å². The van der Waals surface area contributed by atoms with Gasteiger partial charge in [0.1, 0.15) is 5.69 Å². The number of carbonyl (C=O) groups is 3. The average molecular weight is 423 g/mol. The molecule has 160 valence electrons. The van der Waals surface area contributed by atoms with Crippen molar-refractivity contribution in [2.75, 3.05) is 26.2 Å². The van der Waals surface area contributed by atoms with Crippen LogP contribution in [0.2, 0.25) is 0 Å². The standard InChI is InChI=1S/C20H30N4O4S/c25-17(26)6-9-21-20(28)24-10-7-15(8-11-24)19-23-16(13-29-19)18(27)22-12-14-4-2-1-3-5-14/h13-15H,1-12H2,(H,21,28)(H,22,27)(H,25,26). The predicted octanol–water partition coefficient (Wildman–Crippen LogP) is 2.82. The lowest BCUT2D eigenvalue weighted by Gasteiger charge is -2.31. The number of nitrogens with one attached hydrogen (secondary N) is 2. The van der Waals surface area contributed by atoms with E-state index in [2.05, 4.69) is 15.6 Å². The number of urea groups is 1. The summed E-state index contributed by atoms with van der Waals surface area (Å²) in [7, 11) is 0. The van der Waals surface area contributed by atoms with Gasteiger partial charge in [0.05, 0.1) is 11.4 Å². The number of rotatable bonds is 7. The van der Waals surface area contributed by atoms with Crippen LogP contribution in [0.15, 0.2) is 5.38 Å². The topological polar surface area (TPSA) is 112 Å². The van der Waals surface area contributed by atoms with Crippen LogP contribution in [-0.4, -0.2) is 59.1 Å². The molecular weight excluding hydrogens is 392 g/mol. The molecule has 0 aromatic carbocycles. The molecule has 2 fully saturated rings. The Morgan fingerprint density at radius 3 is 2.52 bits per heavy atom. The number of hydrogen-bond acceptors (Lipinski definition) is 5. The van der Waals surface area contributed by atoms with Gasteiger partial charge in [0.25, 0.3) is 5.91 Å². The molecule has 8 nitrogen and oxygen atoms in total. The lowest BCUT2D eigenvalue weighted by Crippen LogP contribution is -2.44. The fourth-order valence-corrected chi connectivity index (χ4v) is 4.99. The quantitative estimate of drug-likeness (QED) is 0.626. The number of amides is 3. The maximum Gasteiger partial charge on any atom is 0.317 e. The molecule has 1 aromatic heterocycles. The van der Waals surface area contributed by atoms with Gasteiger partial charge in [0.15, 0.2) is 0 Å². The van der Waals surface area contributed by atoms with E-state index in [-0.39, 0.29) is 30.8 Å². The first-order valence-electron chi connectivity index (χ1n) is 10.5. The second-order valence-electron chi connectivity index (χ2n) is 7.92. The first kappa shape index (κ1) is 21.5. The number of carboxylic acid groups (broad SMARTS) is 1. The third-order valence-electron chi connectivity index (χ3n) is 5.78. The largest absolute Gasteiger partial charge is 0.481 e. The summed E-state index contributed by atoms with van der Waals surface area (Å²) in [4.78, 5) is 41.3. The summed E-state index contributed by atoms with van der Waals surface area (Å²) in [5, 5.41) is 17.1. The summed E-state index contributed by atoms with van der Waals surface area (Å²) in [5.74, 6) is -0.167. The maximum absolute atomic E-state index is 12.4. The molecule has 1 aliphatic carbocycles. The summed E-state index contributed by atoms with van der Waals surface area (Å²) in [6.07, 6.45) is 7.74. The Bertz CT molecular complexity index is 709. The number of carbonyl (C=O) groups excluding carboxylic acids is 2. The molecule has 1 saturated carbocycles. The zero-order valence-corrected chi connectivity index (χ0v) is 17.5. The molecule has 0 unspecified atom stereocenters. The molecule has 1 saturated heterocycles. The van der Waals surface area contributed by atoms with Crippen molar-refractivity contribution >= 4 is 29.2 Å². The monoisotopic (exact) mass is 422 g/mol. The van der Waals surface area contributed by atoms with Crippen LogP contribution >= 0.6 is 11.3 Å². The van der Waals surface area contributed by atoms with E-state index in [0.29, 0.717) is 24.7 Å². The number of likely N-dealkylation sites (tertiary alicyclic amines) is 1. The Morgan fingerprint density at radius 2 is 1.83 bits per heavy atom. The molecule has 2 aliphatic rings. The zero-order chi connectivity index (χ0) is 20.6. The second-order valence-corrected chi connectivity index (χ2v) is 8.81. The van der Waals surface area contributed by atoms with Crippen molar-refractivity contribution in [3.63, 3.8) is 0 Å². The second kappa shape index (κ2) is 10.6. The third kappa shape index (κ3) is 6.42. The van der Waals surface area contributed by atoms with E-state index in [1.165, 1.54) is 43.4 Å². The normalized spacial score (nSPS) is 18.4. The molecule has 9 heteroatoms. The van der Waals surface area contributed by atoms with Gasteiger partial charge >= 0.3 is 12.0 Å². The van der Waals surface area contributed by atoms with Crippen LogP contribution in [0.4, 0.5) is 4.79 Å². The summed E-state index contributed by atoms with van der Waals surface area (Å²) in [6, 6.07) is -0.216. The molecule has 1 aromatic rings. The number of carboxylic acids is 1. The zero-order valence-electron chi connectivity index (χ0n) is 16.7. The molecule has 29 heavy (non-hydrogen) atoms. The van der Waals surface area contributed by atoms with Crippen LogP contribution in [-0.2, 0) is 4.79 Å². The highest BCUT2D eigenvalue weighted by molar-refractivity contribution is 7.09. The summed E-state index contributed by atoms with van der Waals surface area (Å²) in [6.45, 7) is 2.08. The van der Waals surface area contributed by atoms with E-state index in [4.69, 9.17) is 5.11 Å². The van der Waals surface area contributed by atoms with E-state index in [9.17, 15) is 14.4 Å². The molecule has 0 bridgehead atoms. The van der Waals surface area contributed by atoms with Gasteiger partial charge in [-0.2, -0.15) is 0 Å². The number of piperidine rings is 1. The molecule has 2 heterocycles. The van der Waals surface area contributed by atoms with Crippen molar-refractivity contribution < 1.29 is 19.5 Å². The molecule has 0 atom stereocenters. The summed E-state index contributed by atoms with van der Waals surface area (Å²) < 4.78 is 0. The number of aliphatic carboxylic acids is 1. The van der Waals surface area contributed by atoms with Crippen LogP contribution in [0.5, 0.6) is 0 Å². The van der Waals surface area contributed by atoms with E-state index < -0.39 is 5.97 Å². The maximum atomic E-state index is 12.4. The van der Waals surface area contributed by atoms with Crippen molar-refractivity contribution in [1.29, 1.82) is 0 Å². The Balaban J connectivity index is 1.42. The summed E-state index contributed by atoms with van der Waals surface area (Å²) >= 11 is 1.52. The number of thiazole rings is 1. The molecule has 3 N–H and O–H groups in total. The van der Waals surface area contributed by atoms with Gasteiger partial charge in [0, 0.05) is 37.5 Å². The van der Waals surface area contributed by atoms with Gasteiger partial charge in [-0.25, -0.2) is 9.78 Å². The third-order valence-corrected chi connectivity index (χ3v) is 6.78. The first-order valence-corrected chi connectivity index (χ1v) is 11.4. The van der Waals surface area contributed by atoms with Crippen LogP contribution < -0.4 is 10.6 Å². The smallest absolute Gasteiger partial charge is 0.317 e. The van der Waals surface area contributed by atoms with Crippen molar-refractivity contribution in [2.45, 2.75) is 57.3 Å². The van der Waals surface area contributed by atoms with Crippen molar-refractivity contribution in [1.82, 2.24) is 20.5 Å². The Hall–Kier alpha value is -2.16. The minimum atomic E-state index is -0.925. The lowest BCUT2D eigenvalue weighted by molar-refractivity contribution is -0.136. The molecule has 3 amide bonds. The van der Waals surface area contributed by atoms with Crippen molar-refractivity contribution in [2.24, 2.45) is 5.92 Å². The molecule has 1 aliphatic heterocycles. The number of nitrogens with zero attached hydrogens (tertiary/aromatic N) is 2. The van der Waals surface area contributed by atoms with Gasteiger partial charge < -0.3 is 20.6 Å². The summed E-state index contributed by atoms with van der Waals surface area (Å²) in [5.41, 5.74) is 0.495. The van der Waals surface area contributed by atoms with Crippen LogP contribution in [0.3, 0.4) is 0 Å². The van der Waals surface area contributed by atoms with Crippen LogP contribution in [0.1, 0.15) is 72.8 Å². The van der Waals surface area contributed by atoms with Gasteiger partial charge in [-0.1, -0.05) is 19.3 Å². The average Bonchev–Trinajstić information content (AvgIpc) is 3.23. The van der Waals surface area contributed by atoms with Gasteiger partial charge in [0.2, 0.25) is 0 Å². The number of aromatic nitrogens is 1.